The Morgan fingerprint density at radius 1 is 1.25 bits per heavy atom. The molecule has 0 radical (unpaired) electrons. The fraction of sp³-hybridized carbons (Fsp3) is 0.824. The number of hydrogen-bond acceptors (Lipinski definition) is 2. The van der Waals surface area contributed by atoms with E-state index in [9.17, 15) is 0 Å². The van der Waals surface area contributed by atoms with E-state index in [1.807, 2.05) is 0 Å². The third-order valence-corrected chi connectivity index (χ3v) is 4.63. The van der Waals surface area contributed by atoms with Gasteiger partial charge in [-0.15, -0.1) is 0 Å². The van der Waals surface area contributed by atoms with Crippen LogP contribution >= 0.6 is 0 Å². The Hall–Kier alpha value is -0.830. The Morgan fingerprint density at radius 2 is 2.00 bits per heavy atom. The zero-order chi connectivity index (χ0) is 14.4. The van der Waals surface area contributed by atoms with Gasteiger partial charge in [0.15, 0.2) is 0 Å². The molecule has 1 aromatic heterocycles. The van der Waals surface area contributed by atoms with Crippen LogP contribution in [0.4, 0.5) is 0 Å². The molecular formula is C17H31N3. The average molecular weight is 277 g/mol. The molecule has 1 aliphatic carbocycles. The minimum absolute atomic E-state index is 0.604. The standard InChI is InChI=1S/C17H31N3/c1-4-11-18-17(14-9-7-8-10-14)13-20-16(6-3)12-15(5-2)19-20/h12,14,17-18H,4-11,13H2,1-3H3. The molecule has 3 heteroatoms. The van der Waals surface area contributed by atoms with Crippen molar-refractivity contribution in [3.63, 3.8) is 0 Å². The Morgan fingerprint density at radius 3 is 2.60 bits per heavy atom. The molecule has 1 fully saturated rings. The van der Waals surface area contributed by atoms with Crippen molar-refractivity contribution in [3.8, 4) is 0 Å². The van der Waals surface area contributed by atoms with E-state index in [1.54, 1.807) is 0 Å². The lowest BCUT2D eigenvalue weighted by Crippen LogP contribution is -2.39. The molecule has 20 heavy (non-hydrogen) atoms. The molecule has 0 amide bonds. The summed E-state index contributed by atoms with van der Waals surface area (Å²) in [5, 5.41) is 8.57. The van der Waals surface area contributed by atoms with Gasteiger partial charge in [-0.3, -0.25) is 4.68 Å². The molecule has 1 heterocycles. The number of nitrogens with zero attached hydrogens (tertiary/aromatic N) is 2. The van der Waals surface area contributed by atoms with Crippen LogP contribution in [-0.4, -0.2) is 22.4 Å². The zero-order valence-corrected chi connectivity index (χ0v) is 13.5. The molecule has 1 N–H and O–H groups in total. The predicted molar refractivity (Wildman–Crippen MR) is 85.0 cm³/mol. The highest BCUT2D eigenvalue weighted by Gasteiger charge is 2.25. The first-order valence-electron chi connectivity index (χ1n) is 8.57. The monoisotopic (exact) mass is 277 g/mol. The topological polar surface area (TPSA) is 29.9 Å². The second kappa shape index (κ2) is 7.82. The molecule has 1 atom stereocenters. The molecule has 0 aliphatic heterocycles. The Kier molecular flexibility index (Phi) is 6.08. The molecule has 0 saturated heterocycles. The summed E-state index contributed by atoms with van der Waals surface area (Å²) in [6, 6.07) is 2.89. The van der Waals surface area contributed by atoms with Gasteiger partial charge in [-0.05, 0) is 50.6 Å². The maximum atomic E-state index is 4.80. The smallest absolute Gasteiger partial charge is 0.0624 e. The number of hydrogen-bond donors (Lipinski definition) is 1. The average Bonchev–Trinajstić information content (AvgIpc) is 3.12. The third kappa shape index (κ3) is 3.85. The van der Waals surface area contributed by atoms with Gasteiger partial charge >= 0.3 is 0 Å². The molecule has 1 saturated carbocycles. The number of aryl methyl sites for hydroxylation is 2. The van der Waals surface area contributed by atoms with Crippen LogP contribution in [-0.2, 0) is 19.4 Å². The van der Waals surface area contributed by atoms with Gasteiger partial charge in [0.05, 0.1) is 12.2 Å². The molecule has 1 aliphatic rings. The van der Waals surface area contributed by atoms with Crippen LogP contribution in [0.3, 0.4) is 0 Å². The van der Waals surface area contributed by atoms with Crippen molar-refractivity contribution < 1.29 is 0 Å². The van der Waals surface area contributed by atoms with Crippen molar-refractivity contribution in [1.29, 1.82) is 0 Å². The summed E-state index contributed by atoms with van der Waals surface area (Å²) in [5.41, 5.74) is 2.63. The maximum Gasteiger partial charge on any atom is 0.0624 e. The first kappa shape index (κ1) is 15.6. The van der Waals surface area contributed by atoms with Crippen molar-refractivity contribution in [2.75, 3.05) is 6.54 Å². The number of nitrogens with one attached hydrogen (secondary N) is 1. The van der Waals surface area contributed by atoms with Gasteiger partial charge in [0.25, 0.3) is 0 Å². The van der Waals surface area contributed by atoms with E-state index in [2.05, 4.69) is 36.8 Å². The minimum atomic E-state index is 0.604. The van der Waals surface area contributed by atoms with Gasteiger partial charge in [-0.2, -0.15) is 5.10 Å². The van der Waals surface area contributed by atoms with Crippen LogP contribution < -0.4 is 5.32 Å². The van der Waals surface area contributed by atoms with E-state index in [0.29, 0.717) is 6.04 Å². The van der Waals surface area contributed by atoms with E-state index in [1.165, 1.54) is 43.5 Å². The normalized spacial score (nSPS) is 17.8. The second-order valence-corrected chi connectivity index (χ2v) is 6.12. The highest BCUT2D eigenvalue weighted by molar-refractivity contribution is 5.10. The van der Waals surface area contributed by atoms with Crippen LogP contribution in [0.25, 0.3) is 0 Å². The largest absolute Gasteiger partial charge is 0.312 e. The quantitative estimate of drug-likeness (QED) is 0.787. The summed E-state index contributed by atoms with van der Waals surface area (Å²) in [4.78, 5) is 0. The molecule has 0 bridgehead atoms. The molecule has 0 spiro atoms. The molecule has 1 aromatic rings. The molecule has 2 rings (SSSR count). The number of aromatic nitrogens is 2. The second-order valence-electron chi connectivity index (χ2n) is 6.12. The molecule has 0 aromatic carbocycles. The third-order valence-electron chi connectivity index (χ3n) is 4.63. The summed E-state index contributed by atoms with van der Waals surface area (Å²) < 4.78 is 2.27. The highest BCUT2D eigenvalue weighted by atomic mass is 15.3. The van der Waals surface area contributed by atoms with Crippen LogP contribution in [0.15, 0.2) is 6.07 Å². The SMILES string of the molecule is CCCNC(Cn1nc(CC)cc1CC)C1CCCC1. The number of rotatable bonds is 8. The van der Waals surface area contributed by atoms with E-state index in [4.69, 9.17) is 5.10 Å². The minimum Gasteiger partial charge on any atom is -0.312 e. The fourth-order valence-electron chi connectivity index (χ4n) is 3.39. The molecular weight excluding hydrogens is 246 g/mol. The van der Waals surface area contributed by atoms with E-state index < -0.39 is 0 Å². The lowest BCUT2D eigenvalue weighted by atomic mass is 9.98. The molecule has 114 valence electrons. The van der Waals surface area contributed by atoms with E-state index >= 15 is 0 Å². The van der Waals surface area contributed by atoms with Crippen molar-refractivity contribution in [1.82, 2.24) is 15.1 Å². The Bertz CT molecular complexity index is 391. The summed E-state index contributed by atoms with van der Waals surface area (Å²) in [6.07, 6.45) is 8.94. The highest BCUT2D eigenvalue weighted by Crippen LogP contribution is 2.28. The lowest BCUT2D eigenvalue weighted by molar-refractivity contribution is 0.309. The van der Waals surface area contributed by atoms with Gasteiger partial charge in [0.2, 0.25) is 0 Å². The van der Waals surface area contributed by atoms with Gasteiger partial charge in [-0.25, -0.2) is 0 Å². The first-order chi connectivity index (χ1) is 9.78. The first-order valence-corrected chi connectivity index (χ1v) is 8.57. The van der Waals surface area contributed by atoms with Crippen molar-refractivity contribution in [2.45, 2.75) is 78.3 Å². The predicted octanol–water partition coefficient (Wildman–Crippen LogP) is 3.57. The molecule has 1 unspecified atom stereocenters. The van der Waals surface area contributed by atoms with E-state index in [-0.39, 0.29) is 0 Å². The van der Waals surface area contributed by atoms with Crippen LogP contribution in [0.1, 0.15) is 64.3 Å². The maximum absolute atomic E-state index is 4.80. The van der Waals surface area contributed by atoms with Crippen molar-refractivity contribution in [3.05, 3.63) is 17.5 Å². The Balaban J connectivity index is 2.07. The van der Waals surface area contributed by atoms with Crippen LogP contribution in [0, 0.1) is 5.92 Å². The van der Waals surface area contributed by atoms with Crippen molar-refractivity contribution >= 4 is 0 Å². The zero-order valence-electron chi connectivity index (χ0n) is 13.5. The van der Waals surface area contributed by atoms with Gasteiger partial charge < -0.3 is 5.32 Å². The van der Waals surface area contributed by atoms with Gasteiger partial charge in [0.1, 0.15) is 0 Å². The van der Waals surface area contributed by atoms with E-state index in [0.717, 1.165) is 31.8 Å². The fourth-order valence-corrected chi connectivity index (χ4v) is 3.39. The van der Waals surface area contributed by atoms with Gasteiger partial charge in [0, 0.05) is 11.7 Å². The van der Waals surface area contributed by atoms with Crippen molar-refractivity contribution in [2.24, 2.45) is 5.92 Å². The summed E-state index contributed by atoms with van der Waals surface area (Å²) in [7, 11) is 0. The summed E-state index contributed by atoms with van der Waals surface area (Å²) in [5.74, 6) is 0.848. The Labute approximate surface area is 124 Å². The summed E-state index contributed by atoms with van der Waals surface area (Å²) in [6.45, 7) is 8.85. The van der Waals surface area contributed by atoms with Gasteiger partial charge in [-0.1, -0.05) is 33.6 Å². The van der Waals surface area contributed by atoms with Crippen LogP contribution in [0.2, 0.25) is 0 Å². The summed E-state index contributed by atoms with van der Waals surface area (Å²) >= 11 is 0. The molecule has 3 nitrogen and oxygen atoms in total. The lowest BCUT2D eigenvalue weighted by Gasteiger charge is -2.25. The van der Waals surface area contributed by atoms with Crippen LogP contribution in [0.5, 0.6) is 0 Å².